The molecule has 9 aromatic rings. The molecule has 0 unspecified atom stereocenters. The smallest absolute Gasteiger partial charge is 0.199 e. The van der Waals surface area contributed by atoms with Crippen LogP contribution in [0.15, 0.2) is 158 Å². The van der Waals surface area contributed by atoms with Crippen molar-refractivity contribution >= 4 is 26.6 Å². The highest BCUT2D eigenvalue weighted by Gasteiger charge is 2.23. The van der Waals surface area contributed by atoms with Crippen molar-refractivity contribution in [2.24, 2.45) is 0 Å². The molecule has 0 atom stereocenters. The molecule has 2 heterocycles. The van der Waals surface area contributed by atoms with Crippen LogP contribution in [0.25, 0.3) is 90.6 Å². The number of benzene rings is 7. The standard InChI is InChI=1S/C49H29B2N7O3/c50-39-38(40(51)42(60)43(61)41(39)59)49-57-45(30-14-5-2-6-15-30)56-48(58-49)37-21-10-9-20-36(37)28-22-24-31(25-23-28)46-53-44(29-12-3-1-4-13-29)54-47(55-46)33-18-11-17-32(26-33)35-19-8-7-16-34(35)27-52/h1-26,59-61H. The minimum absolute atomic E-state index is 0.0192. The van der Waals surface area contributed by atoms with Crippen molar-refractivity contribution in [2.45, 2.75) is 0 Å². The molecule has 2 aromatic heterocycles. The summed E-state index contributed by atoms with van der Waals surface area (Å²) in [7, 11) is 12.5. The lowest BCUT2D eigenvalue weighted by Gasteiger charge is -2.17. The van der Waals surface area contributed by atoms with Gasteiger partial charge in [0.1, 0.15) is 15.7 Å². The fraction of sp³-hybridized carbons (Fsp3) is 0. The van der Waals surface area contributed by atoms with Crippen LogP contribution < -0.4 is 10.9 Å². The van der Waals surface area contributed by atoms with Gasteiger partial charge in [0.15, 0.2) is 52.2 Å². The van der Waals surface area contributed by atoms with Crippen molar-refractivity contribution in [3.63, 3.8) is 0 Å². The highest BCUT2D eigenvalue weighted by Crippen LogP contribution is 2.37. The van der Waals surface area contributed by atoms with Crippen LogP contribution >= 0.6 is 0 Å². The van der Waals surface area contributed by atoms with Crippen LogP contribution in [-0.2, 0) is 0 Å². The van der Waals surface area contributed by atoms with Crippen LogP contribution in [0.5, 0.6) is 17.2 Å². The van der Waals surface area contributed by atoms with Crippen molar-refractivity contribution in [2.75, 3.05) is 0 Å². The number of nitriles is 1. The molecule has 61 heavy (non-hydrogen) atoms. The van der Waals surface area contributed by atoms with Gasteiger partial charge in [0, 0.05) is 33.4 Å². The van der Waals surface area contributed by atoms with Crippen LogP contribution in [0, 0.1) is 11.3 Å². The van der Waals surface area contributed by atoms with E-state index in [1.54, 1.807) is 6.07 Å². The molecular formula is C49H29B2N7O3. The Kier molecular flexibility index (Phi) is 10.0. The highest BCUT2D eigenvalue weighted by atomic mass is 16.3. The van der Waals surface area contributed by atoms with Gasteiger partial charge in [-0.2, -0.15) is 5.26 Å². The lowest BCUT2D eigenvalue weighted by molar-refractivity contribution is 0.372. The fourth-order valence-electron chi connectivity index (χ4n) is 7.05. The second-order valence-electron chi connectivity index (χ2n) is 14.0. The highest BCUT2D eigenvalue weighted by molar-refractivity contribution is 6.46. The Labute approximate surface area is 353 Å². The van der Waals surface area contributed by atoms with Gasteiger partial charge in [-0.15, -0.1) is 0 Å². The van der Waals surface area contributed by atoms with Crippen molar-refractivity contribution in [3.8, 4) is 114 Å². The Balaban J connectivity index is 1.14. The molecule has 0 aliphatic carbocycles. The van der Waals surface area contributed by atoms with Crippen LogP contribution in [0.4, 0.5) is 0 Å². The average molecular weight is 785 g/mol. The predicted molar refractivity (Wildman–Crippen MR) is 237 cm³/mol. The SMILES string of the molecule is [B]c1c(O)c(O)c(O)c([B])c1-c1nc(-c2ccccc2)nc(-c2ccccc2-c2ccc(-c3nc(-c4ccccc4)nc(-c4cccc(-c5ccccc5C#N)c4)n3)cc2)n1. The van der Waals surface area contributed by atoms with E-state index < -0.39 is 17.2 Å². The van der Waals surface area contributed by atoms with Crippen LogP contribution in [0.3, 0.4) is 0 Å². The van der Waals surface area contributed by atoms with Gasteiger partial charge in [0.2, 0.25) is 0 Å². The van der Waals surface area contributed by atoms with Gasteiger partial charge in [-0.25, -0.2) is 29.9 Å². The van der Waals surface area contributed by atoms with Gasteiger partial charge >= 0.3 is 0 Å². The molecular weight excluding hydrogens is 756 g/mol. The van der Waals surface area contributed by atoms with Crippen LogP contribution in [-0.4, -0.2) is 60.9 Å². The summed E-state index contributed by atoms with van der Waals surface area (Å²) in [6.07, 6.45) is 0. The third-order valence-corrected chi connectivity index (χ3v) is 10.2. The van der Waals surface area contributed by atoms with E-state index in [0.717, 1.165) is 38.9 Å². The van der Waals surface area contributed by atoms with E-state index in [-0.39, 0.29) is 34.0 Å². The summed E-state index contributed by atoms with van der Waals surface area (Å²) >= 11 is 0. The van der Waals surface area contributed by atoms with E-state index >= 15 is 0 Å². The quantitative estimate of drug-likeness (QED) is 0.102. The van der Waals surface area contributed by atoms with Crippen molar-refractivity contribution in [1.82, 2.24) is 29.9 Å². The zero-order chi connectivity index (χ0) is 42.0. The van der Waals surface area contributed by atoms with Crippen molar-refractivity contribution in [3.05, 3.63) is 163 Å². The normalized spacial score (nSPS) is 10.9. The monoisotopic (exact) mass is 785 g/mol. The Morgan fingerprint density at radius 2 is 0.770 bits per heavy atom. The second-order valence-corrected chi connectivity index (χ2v) is 14.0. The van der Waals surface area contributed by atoms with E-state index in [1.165, 1.54) is 0 Å². The Morgan fingerprint density at radius 3 is 1.36 bits per heavy atom. The van der Waals surface area contributed by atoms with E-state index in [9.17, 15) is 20.6 Å². The van der Waals surface area contributed by atoms with E-state index in [4.69, 9.17) is 40.6 Å². The summed E-state index contributed by atoms with van der Waals surface area (Å²) in [6.45, 7) is 0. The number of nitrogens with zero attached hydrogens (tertiary/aromatic N) is 7. The molecule has 0 aliphatic rings. The first-order valence-electron chi connectivity index (χ1n) is 19.0. The molecule has 7 aromatic carbocycles. The van der Waals surface area contributed by atoms with Gasteiger partial charge in [-0.3, -0.25) is 0 Å². The minimum Gasteiger partial charge on any atom is -0.505 e. The minimum atomic E-state index is -0.845. The molecule has 0 saturated heterocycles. The number of hydrogen-bond acceptors (Lipinski definition) is 10. The average Bonchev–Trinajstić information content (AvgIpc) is 3.33. The zero-order valence-electron chi connectivity index (χ0n) is 32.1. The second kappa shape index (κ2) is 16.1. The number of aromatic hydroxyl groups is 3. The summed E-state index contributed by atoms with van der Waals surface area (Å²) in [6, 6.07) is 51.9. The lowest BCUT2D eigenvalue weighted by Crippen LogP contribution is -2.22. The van der Waals surface area contributed by atoms with Gasteiger partial charge in [0.25, 0.3) is 0 Å². The van der Waals surface area contributed by atoms with Crippen molar-refractivity contribution in [1.29, 1.82) is 5.26 Å². The maximum atomic E-state index is 10.6. The molecule has 0 saturated carbocycles. The Hall–Kier alpha value is -8.42. The summed E-state index contributed by atoms with van der Waals surface area (Å²) < 4.78 is 0. The third kappa shape index (κ3) is 7.32. The largest absolute Gasteiger partial charge is 0.505 e. The first kappa shape index (κ1) is 38.1. The third-order valence-electron chi connectivity index (χ3n) is 10.2. The summed E-state index contributed by atoms with van der Waals surface area (Å²) in [5.41, 5.74) is 6.88. The molecule has 0 fully saturated rings. The molecule has 0 bridgehead atoms. The molecule has 3 N–H and O–H groups in total. The number of phenols is 3. The molecule has 9 rings (SSSR count). The Bertz CT molecular complexity index is 3130. The summed E-state index contributed by atoms with van der Waals surface area (Å²) in [5.74, 6) is -0.351. The van der Waals surface area contributed by atoms with Gasteiger partial charge in [0.05, 0.1) is 11.6 Å². The Morgan fingerprint density at radius 1 is 0.361 bits per heavy atom. The van der Waals surface area contributed by atoms with Crippen LogP contribution in [0.2, 0.25) is 0 Å². The maximum absolute atomic E-state index is 10.6. The fourth-order valence-corrected chi connectivity index (χ4v) is 7.05. The molecule has 4 radical (unpaired) electrons. The maximum Gasteiger partial charge on any atom is 0.199 e. The molecule has 0 spiro atoms. The lowest BCUT2D eigenvalue weighted by atomic mass is 9.78. The predicted octanol–water partition coefficient (Wildman–Crippen LogP) is 7.97. The van der Waals surface area contributed by atoms with E-state index in [1.807, 2.05) is 152 Å². The summed E-state index contributed by atoms with van der Waals surface area (Å²) in [4.78, 5) is 29.1. The van der Waals surface area contributed by atoms with Gasteiger partial charge in [-0.1, -0.05) is 146 Å². The molecule has 0 aliphatic heterocycles. The van der Waals surface area contributed by atoms with Crippen LogP contribution in [0.1, 0.15) is 5.56 Å². The molecule has 12 heteroatoms. The van der Waals surface area contributed by atoms with E-state index in [2.05, 4.69) is 11.1 Å². The number of rotatable bonds is 8. The molecule has 0 amide bonds. The number of aromatic nitrogens is 6. The summed E-state index contributed by atoms with van der Waals surface area (Å²) in [5, 5.41) is 41.1. The topological polar surface area (TPSA) is 162 Å². The number of phenolic OH excluding ortho intramolecular Hbond substituents is 3. The molecule has 284 valence electrons. The zero-order valence-corrected chi connectivity index (χ0v) is 32.1. The van der Waals surface area contributed by atoms with Gasteiger partial charge < -0.3 is 15.3 Å². The first-order chi connectivity index (χ1) is 29.8. The van der Waals surface area contributed by atoms with Gasteiger partial charge in [-0.05, 0) is 45.3 Å². The first-order valence-corrected chi connectivity index (χ1v) is 19.0. The van der Waals surface area contributed by atoms with Crippen molar-refractivity contribution < 1.29 is 15.3 Å². The number of hydrogen-bond donors (Lipinski definition) is 3. The van der Waals surface area contributed by atoms with E-state index in [0.29, 0.717) is 34.2 Å². The molecule has 10 nitrogen and oxygen atoms in total.